The number of carbonyl (C=O) groups is 1. The van der Waals surface area contributed by atoms with Crippen LogP contribution < -0.4 is 14.8 Å². The van der Waals surface area contributed by atoms with Gasteiger partial charge in [-0.2, -0.15) is 0 Å². The van der Waals surface area contributed by atoms with Gasteiger partial charge in [0.1, 0.15) is 19.0 Å². The number of H-pyrrole nitrogens is 1. The number of para-hydroxylation sites is 2. The van der Waals surface area contributed by atoms with Gasteiger partial charge in [0.25, 0.3) is 5.91 Å². The van der Waals surface area contributed by atoms with Crippen LogP contribution >= 0.6 is 0 Å². The number of imidazole rings is 1. The van der Waals surface area contributed by atoms with Gasteiger partial charge >= 0.3 is 0 Å². The Morgan fingerprint density at radius 1 is 1.17 bits per heavy atom. The number of hydrogen-bond acceptors (Lipinski definition) is 4. The van der Waals surface area contributed by atoms with Crippen LogP contribution in [0, 0.1) is 0 Å². The highest BCUT2D eigenvalue weighted by Gasteiger charge is 2.18. The number of hydrogen-bond donors (Lipinski definition) is 2. The van der Waals surface area contributed by atoms with Gasteiger partial charge in [0, 0.05) is 5.56 Å². The van der Waals surface area contributed by atoms with E-state index in [-0.39, 0.29) is 11.9 Å². The maximum absolute atomic E-state index is 12.5. The summed E-state index contributed by atoms with van der Waals surface area (Å²) >= 11 is 0. The minimum atomic E-state index is -0.238. The maximum atomic E-state index is 12.5. The van der Waals surface area contributed by atoms with E-state index in [1.807, 2.05) is 31.2 Å². The molecule has 1 atom stereocenters. The number of amides is 1. The molecular formula is C18H17N3O3. The lowest BCUT2D eigenvalue weighted by Gasteiger charge is -2.19. The van der Waals surface area contributed by atoms with E-state index in [1.165, 1.54) is 0 Å². The monoisotopic (exact) mass is 323 g/mol. The zero-order valence-corrected chi connectivity index (χ0v) is 13.2. The van der Waals surface area contributed by atoms with Crippen LogP contribution in [0.1, 0.15) is 29.1 Å². The molecule has 0 fully saturated rings. The Kier molecular flexibility index (Phi) is 3.57. The summed E-state index contributed by atoms with van der Waals surface area (Å²) in [7, 11) is 0. The number of benzene rings is 2. The third kappa shape index (κ3) is 2.67. The van der Waals surface area contributed by atoms with Crippen LogP contribution in [0.2, 0.25) is 0 Å². The standard InChI is InChI=1S/C18H17N3O3/c1-11(17-20-13-4-2-3-5-14(13)21-17)19-18(22)12-6-7-15-16(10-12)24-9-8-23-15/h2-7,10-11H,8-9H2,1H3,(H,19,22)(H,20,21)/t11-/m0/s1. The van der Waals surface area contributed by atoms with Crippen LogP contribution in [-0.4, -0.2) is 29.1 Å². The van der Waals surface area contributed by atoms with Crippen molar-refractivity contribution in [1.82, 2.24) is 15.3 Å². The molecule has 4 rings (SSSR count). The van der Waals surface area contributed by atoms with Crippen molar-refractivity contribution in [2.75, 3.05) is 13.2 Å². The van der Waals surface area contributed by atoms with Crippen LogP contribution in [0.4, 0.5) is 0 Å². The van der Waals surface area contributed by atoms with Crippen molar-refractivity contribution in [3.8, 4) is 11.5 Å². The second-order valence-electron chi connectivity index (χ2n) is 5.69. The predicted octanol–water partition coefficient (Wildman–Crippen LogP) is 2.83. The molecule has 24 heavy (non-hydrogen) atoms. The van der Waals surface area contributed by atoms with Crippen molar-refractivity contribution in [2.45, 2.75) is 13.0 Å². The molecule has 1 aliphatic rings. The molecule has 0 saturated carbocycles. The summed E-state index contributed by atoms with van der Waals surface area (Å²) < 4.78 is 11.0. The fourth-order valence-electron chi connectivity index (χ4n) is 2.71. The van der Waals surface area contributed by atoms with Crippen molar-refractivity contribution < 1.29 is 14.3 Å². The average molecular weight is 323 g/mol. The van der Waals surface area contributed by atoms with Gasteiger partial charge in [0.15, 0.2) is 11.5 Å². The summed E-state index contributed by atoms with van der Waals surface area (Å²) in [6.45, 7) is 2.92. The molecule has 6 heteroatoms. The Morgan fingerprint density at radius 2 is 1.96 bits per heavy atom. The first-order valence-corrected chi connectivity index (χ1v) is 7.86. The number of rotatable bonds is 3. The largest absolute Gasteiger partial charge is 0.486 e. The predicted molar refractivity (Wildman–Crippen MR) is 89.4 cm³/mol. The lowest BCUT2D eigenvalue weighted by Crippen LogP contribution is -2.27. The number of aromatic nitrogens is 2. The fourth-order valence-corrected chi connectivity index (χ4v) is 2.71. The Hall–Kier alpha value is -3.02. The summed E-state index contributed by atoms with van der Waals surface area (Å²) in [4.78, 5) is 20.2. The maximum Gasteiger partial charge on any atom is 0.251 e. The molecule has 122 valence electrons. The van der Waals surface area contributed by atoms with E-state index in [0.717, 1.165) is 16.9 Å². The molecule has 0 unspecified atom stereocenters. The Morgan fingerprint density at radius 3 is 2.79 bits per heavy atom. The van der Waals surface area contributed by atoms with Gasteiger partial charge < -0.3 is 19.8 Å². The highest BCUT2D eigenvalue weighted by molar-refractivity contribution is 5.95. The molecule has 2 N–H and O–H groups in total. The summed E-state index contributed by atoms with van der Waals surface area (Å²) in [5, 5.41) is 2.95. The molecule has 0 bridgehead atoms. The number of fused-ring (bicyclic) bond motifs is 2. The summed E-state index contributed by atoms with van der Waals surface area (Å²) in [5.74, 6) is 1.82. The zero-order valence-electron chi connectivity index (χ0n) is 13.2. The van der Waals surface area contributed by atoms with Crippen molar-refractivity contribution >= 4 is 16.9 Å². The second kappa shape index (κ2) is 5.88. The van der Waals surface area contributed by atoms with Gasteiger partial charge in [-0.15, -0.1) is 0 Å². The smallest absolute Gasteiger partial charge is 0.251 e. The number of aromatic amines is 1. The van der Waals surface area contributed by atoms with Gasteiger partial charge in [-0.05, 0) is 37.3 Å². The van der Waals surface area contributed by atoms with E-state index in [1.54, 1.807) is 18.2 Å². The van der Waals surface area contributed by atoms with E-state index >= 15 is 0 Å². The number of nitrogens with one attached hydrogen (secondary N) is 2. The quantitative estimate of drug-likeness (QED) is 0.777. The van der Waals surface area contributed by atoms with Gasteiger partial charge in [0.05, 0.1) is 17.1 Å². The highest BCUT2D eigenvalue weighted by Crippen LogP contribution is 2.30. The van der Waals surface area contributed by atoms with E-state index in [9.17, 15) is 4.79 Å². The van der Waals surface area contributed by atoms with E-state index in [4.69, 9.17) is 9.47 Å². The summed E-state index contributed by atoms with van der Waals surface area (Å²) in [6.07, 6.45) is 0. The van der Waals surface area contributed by atoms with Crippen LogP contribution in [-0.2, 0) is 0 Å². The molecule has 1 amide bonds. The van der Waals surface area contributed by atoms with Gasteiger partial charge in [-0.3, -0.25) is 4.79 Å². The average Bonchev–Trinajstić information content (AvgIpc) is 3.05. The Balaban J connectivity index is 1.52. The first-order valence-electron chi connectivity index (χ1n) is 7.86. The molecule has 0 radical (unpaired) electrons. The molecular weight excluding hydrogens is 306 g/mol. The first kappa shape index (κ1) is 14.6. The van der Waals surface area contributed by atoms with Crippen LogP contribution in [0.5, 0.6) is 11.5 Å². The van der Waals surface area contributed by atoms with Crippen LogP contribution in [0.15, 0.2) is 42.5 Å². The lowest BCUT2D eigenvalue weighted by atomic mass is 10.1. The van der Waals surface area contributed by atoms with Crippen molar-refractivity contribution in [1.29, 1.82) is 0 Å². The fraction of sp³-hybridized carbons (Fsp3) is 0.222. The molecule has 2 aromatic carbocycles. The minimum Gasteiger partial charge on any atom is -0.486 e. The van der Waals surface area contributed by atoms with E-state index in [0.29, 0.717) is 30.3 Å². The molecule has 0 spiro atoms. The Labute approximate surface area is 138 Å². The molecule has 2 heterocycles. The number of ether oxygens (including phenoxy) is 2. The van der Waals surface area contributed by atoms with Crippen LogP contribution in [0.25, 0.3) is 11.0 Å². The first-order chi connectivity index (χ1) is 11.7. The van der Waals surface area contributed by atoms with Gasteiger partial charge in [-0.1, -0.05) is 12.1 Å². The number of carbonyl (C=O) groups excluding carboxylic acids is 1. The summed E-state index contributed by atoms with van der Waals surface area (Å²) in [5.41, 5.74) is 2.36. The van der Waals surface area contributed by atoms with E-state index in [2.05, 4.69) is 15.3 Å². The summed E-state index contributed by atoms with van der Waals surface area (Å²) in [6, 6.07) is 12.7. The van der Waals surface area contributed by atoms with E-state index < -0.39 is 0 Å². The third-order valence-electron chi connectivity index (χ3n) is 3.97. The second-order valence-corrected chi connectivity index (χ2v) is 5.69. The third-order valence-corrected chi connectivity index (χ3v) is 3.97. The highest BCUT2D eigenvalue weighted by atomic mass is 16.6. The van der Waals surface area contributed by atoms with Gasteiger partial charge in [-0.25, -0.2) is 4.98 Å². The zero-order chi connectivity index (χ0) is 16.5. The lowest BCUT2D eigenvalue weighted by molar-refractivity contribution is 0.0937. The van der Waals surface area contributed by atoms with Crippen LogP contribution in [0.3, 0.4) is 0 Å². The van der Waals surface area contributed by atoms with Crippen molar-refractivity contribution in [3.05, 3.63) is 53.9 Å². The van der Waals surface area contributed by atoms with Crippen molar-refractivity contribution in [3.63, 3.8) is 0 Å². The molecule has 3 aromatic rings. The molecule has 0 aliphatic carbocycles. The van der Waals surface area contributed by atoms with Gasteiger partial charge in [0.2, 0.25) is 0 Å². The molecule has 1 aromatic heterocycles. The van der Waals surface area contributed by atoms with Crippen molar-refractivity contribution in [2.24, 2.45) is 0 Å². The SMILES string of the molecule is C[C@H](NC(=O)c1ccc2c(c1)OCCO2)c1nc2ccccc2[nH]1. The molecule has 6 nitrogen and oxygen atoms in total. The number of nitrogens with zero attached hydrogens (tertiary/aromatic N) is 1. The normalized spacial score (nSPS) is 14.4. The minimum absolute atomic E-state index is 0.181. The molecule has 1 aliphatic heterocycles. The Bertz CT molecular complexity index is 870. The molecule has 0 saturated heterocycles. The topological polar surface area (TPSA) is 76.2 Å².